The SMILES string of the molecule is NC1(c2cnccc2-c2ccccc2)CCC1. The van der Waals surface area contributed by atoms with E-state index < -0.39 is 0 Å². The third-order valence-electron chi connectivity index (χ3n) is 3.69. The Kier molecular flexibility index (Phi) is 2.45. The van der Waals surface area contributed by atoms with Crippen molar-refractivity contribution in [2.45, 2.75) is 24.8 Å². The van der Waals surface area contributed by atoms with Gasteiger partial charge in [0.1, 0.15) is 0 Å². The highest BCUT2D eigenvalue weighted by Crippen LogP contribution is 2.42. The molecular formula is C15H16N2. The van der Waals surface area contributed by atoms with Crippen LogP contribution in [0.3, 0.4) is 0 Å². The molecule has 17 heavy (non-hydrogen) atoms. The van der Waals surface area contributed by atoms with E-state index in [1.165, 1.54) is 23.1 Å². The molecule has 0 bridgehead atoms. The van der Waals surface area contributed by atoms with Gasteiger partial charge in [0.25, 0.3) is 0 Å². The van der Waals surface area contributed by atoms with Gasteiger partial charge in [-0.1, -0.05) is 30.3 Å². The monoisotopic (exact) mass is 224 g/mol. The molecule has 1 fully saturated rings. The minimum absolute atomic E-state index is 0.153. The maximum absolute atomic E-state index is 6.42. The number of nitrogens with two attached hydrogens (primary N) is 1. The van der Waals surface area contributed by atoms with Crippen LogP contribution in [-0.4, -0.2) is 4.98 Å². The number of rotatable bonds is 2. The Balaban J connectivity index is 2.11. The van der Waals surface area contributed by atoms with Crippen molar-refractivity contribution in [2.75, 3.05) is 0 Å². The maximum Gasteiger partial charge on any atom is 0.0431 e. The molecule has 1 heterocycles. The Morgan fingerprint density at radius 3 is 2.47 bits per heavy atom. The number of pyridine rings is 1. The molecule has 2 nitrogen and oxygen atoms in total. The minimum atomic E-state index is -0.153. The molecule has 1 saturated carbocycles. The highest BCUT2D eigenvalue weighted by Gasteiger charge is 2.36. The van der Waals surface area contributed by atoms with Crippen LogP contribution >= 0.6 is 0 Å². The average molecular weight is 224 g/mol. The number of aromatic nitrogens is 1. The first-order chi connectivity index (χ1) is 8.30. The fourth-order valence-electron chi connectivity index (χ4n) is 2.49. The smallest absolute Gasteiger partial charge is 0.0431 e. The summed E-state index contributed by atoms with van der Waals surface area (Å²) in [4.78, 5) is 4.24. The van der Waals surface area contributed by atoms with E-state index in [9.17, 15) is 0 Å². The average Bonchev–Trinajstić information content (AvgIpc) is 2.37. The Labute approximate surface area is 102 Å². The van der Waals surface area contributed by atoms with E-state index in [1.54, 1.807) is 0 Å². The van der Waals surface area contributed by atoms with Crippen molar-refractivity contribution < 1.29 is 0 Å². The van der Waals surface area contributed by atoms with Gasteiger partial charge in [0.15, 0.2) is 0 Å². The fraction of sp³-hybridized carbons (Fsp3) is 0.267. The summed E-state index contributed by atoms with van der Waals surface area (Å²) in [6.07, 6.45) is 7.13. The van der Waals surface area contributed by atoms with E-state index in [2.05, 4.69) is 35.3 Å². The Morgan fingerprint density at radius 2 is 1.82 bits per heavy atom. The van der Waals surface area contributed by atoms with E-state index in [0.29, 0.717) is 0 Å². The first-order valence-electron chi connectivity index (χ1n) is 6.08. The van der Waals surface area contributed by atoms with Crippen LogP contribution in [0.5, 0.6) is 0 Å². The molecule has 1 aliphatic rings. The summed E-state index contributed by atoms with van der Waals surface area (Å²) >= 11 is 0. The molecule has 1 aromatic carbocycles. The van der Waals surface area contributed by atoms with Gasteiger partial charge in [-0.15, -0.1) is 0 Å². The van der Waals surface area contributed by atoms with Crippen molar-refractivity contribution in [3.63, 3.8) is 0 Å². The quantitative estimate of drug-likeness (QED) is 0.851. The first-order valence-corrected chi connectivity index (χ1v) is 6.08. The van der Waals surface area contributed by atoms with Crippen LogP contribution in [0, 0.1) is 0 Å². The van der Waals surface area contributed by atoms with E-state index in [-0.39, 0.29) is 5.54 Å². The number of hydrogen-bond acceptors (Lipinski definition) is 2. The zero-order valence-corrected chi connectivity index (χ0v) is 9.76. The van der Waals surface area contributed by atoms with Gasteiger partial charge in [-0.05, 0) is 42.0 Å². The zero-order chi connectivity index (χ0) is 11.7. The van der Waals surface area contributed by atoms with Crippen molar-refractivity contribution in [3.05, 3.63) is 54.4 Å². The van der Waals surface area contributed by atoms with Crippen molar-refractivity contribution in [1.82, 2.24) is 4.98 Å². The lowest BCUT2D eigenvalue weighted by molar-refractivity contribution is 0.254. The Morgan fingerprint density at radius 1 is 1.06 bits per heavy atom. The van der Waals surface area contributed by atoms with E-state index >= 15 is 0 Å². The first kappa shape index (κ1) is 10.5. The topological polar surface area (TPSA) is 38.9 Å². The van der Waals surface area contributed by atoms with Crippen LogP contribution in [0.25, 0.3) is 11.1 Å². The molecule has 1 aromatic heterocycles. The molecule has 0 unspecified atom stereocenters. The highest BCUT2D eigenvalue weighted by atomic mass is 14.8. The second-order valence-corrected chi connectivity index (χ2v) is 4.80. The van der Waals surface area contributed by atoms with Gasteiger partial charge in [-0.25, -0.2) is 0 Å². The van der Waals surface area contributed by atoms with Crippen LogP contribution in [-0.2, 0) is 5.54 Å². The molecule has 0 saturated heterocycles. The molecule has 0 amide bonds. The normalized spacial score (nSPS) is 17.5. The van der Waals surface area contributed by atoms with Crippen LogP contribution in [0.4, 0.5) is 0 Å². The standard InChI is InChI=1S/C15H16N2/c16-15(8-4-9-15)14-11-17-10-7-13(14)12-5-2-1-3-6-12/h1-3,5-7,10-11H,4,8-9,16H2. The molecule has 1 aliphatic carbocycles. The Hall–Kier alpha value is -1.67. The molecule has 0 atom stereocenters. The Bertz CT molecular complexity index is 515. The molecule has 86 valence electrons. The van der Waals surface area contributed by atoms with Gasteiger partial charge < -0.3 is 5.73 Å². The van der Waals surface area contributed by atoms with Gasteiger partial charge >= 0.3 is 0 Å². The van der Waals surface area contributed by atoms with Crippen molar-refractivity contribution >= 4 is 0 Å². The second kappa shape index (κ2) is 3.97. The largest absolute Gasteiger partial charge is 0.321 e. The van der Waals surface area contributed by atoms with Gasteiger partial charge in [-0.2, -0.15) is 0 Å². The van der Waals surface area contributed by atoms with E-state index in [0.717, 1.165) is 12.8 Å². The van der Waals surface area contributed by atoms with Crippen LogP contribution < -0.4 is 5.73 Å². The van der Waals surface area contributed by atoms with Crippen molar-refractivity contribution in [2.24, 2.45) is 5.73 Å². The van der Waals surface area contributed by atoms with Gasteiger partial charge in [0, 0.05) is 17.9 Å². The lowest BCUT2D eigenvalue weighted by atomic mass is 9.71. The summed E-state index contributed by atoms with van der Waals surface area (Å²) in [5, 5.41) is 0. The van der Waals surface area contributed by atoms with E-state index in [4.69, 9.17) is 5.73 Å². The molecule has 2 aromatic rings. The molecule has 2 N–H and O–H groups in total. The van der Waals surface area contributed by atoms with Gasteiger partial charge in [-0.3, -0.25) is 4.98 Å². The summed E-state index contributed by atoms with van der Waals surface area (Å²) in [5.41, 5.74) is 9.91. The predicted molar refractivity (Wildman–Crippen MR) is 69.4 cm³/mol. The van der Waals surface area contributed by atoms with Crippen LogP contribution in [0.1, 0.15) is 24.8 Å². The third-order valence-corrected chi connectivity index (χ3v) is 3.69. The minimum Gasteiger partial charge on any atom is -0.321 e. The molecule has 0 radical (unpaired) electrons. The zero-order valence-electron chi connectivity index (χ0n) is 9.76. The summed E-state index contributed by atoms with van der Waals surface area (Å²) < 4.78 is 0. The van der Waals surface area contributed by atoms with Gasteiger partial charge in [0.05, 0.1) is 0 Å². The predicted octanol–water partition coefficient (Wildman–Crippen LogP) is 3.09. The number of benzene rings is 1. The maximum atomic E-state index is 6.42. The summed E-state index contributed by atoms with van der Waals surface area (Å²) in [5.74, 6) is 0. The molecular weight excluding hydrogens is 208 g/mol. The summed E-state index contributed by atoms with van der Waals surface area (Å²) in [6.45, 7) is 0. The molecule has 0 spiro atoms. The summed E-state index contributed by atoms with van der Waals surface area (Å²) in [6, 6.07) is 12.5. The van der Waals surface area contributed by atoms with Crippen LogP contribution in [0.15, 0.2) is 48.8 Å². The number of nitrogens with zero attached hydrogens (tertiary/aromatic N) is 1. The number of hydrogen-bond donors (Lipinski definition) is 1. The fourth-order valence-corrected chi connectivity index (χ4v) is 2.49. The van der Waals surface area contributed by atoms with Crippen LogP contribution in [0.2, 0.25) is 0 Å². The third kappa shape index (κ3) is 1.75. The van der Waals surface area contributed by atoms with E-state index in [1.807, 2.05) is 18.5 Å². The van der Waals surface area contributed by atoms with Gasteiger partial charge in [0.2, 0.25) is 0 Å². The lowest BCUT2D eigenvalue weighted by Crippen LogP contribution is -2.43. The lowest BCUT2D eigenvalue weighted by Gasteiger charge is -2.39. The molecule has 0 aliphatic heterocycles. The van der Waals surface area contributed by atoms with Crippen molar-refractivity contribution in [3.8, 4) is 11.1 Å². The molecule has 2 heteroatoms. The highest BCUT2D eigenvalue weighted by molar-refractivity contribution is 5.68. The summed E-state index contributed by atoms with van der Waals surface area (Å²) in [7, 11) is 0. The second-order valence-electron chi connectivity index (χ2n) is 4.80. The molecule has 3 rings (SSSR count). The van der Waals surface area contributed by atoms with Crippen molar-refractivity contribution in [1.29, 1.82) is 0 Å².